The van der Waals surface area contributed by atoms with Gasteiger partial charge < -0.3 is 14.9 Å². The smallest absolute Gasteiger partial charge is 0.339 e. The maximum absolute atomic E-state index is 11.6. The van der Waals surface area contributed by atoms with Gasteiger partial charge >= 0.3 is 11.9 Å². The predicted molar refractivity (Wildman–Crippen MR) is 60.0 cm³/mol. The van der Waals surface area contributed by atoms with Gasteiger partial charge in [0, 0.05) is 6.61 Å². The zero-order chi connectivity index (χ0) is 12.7. The maximum atomic E-state index is 11.6. The Morgan fingerprint density at radius 1 is 1.12 bits per heavy atom. The summed E-state index contributed by atoms with van der Waals surface area (Å²) >= 11 is 0. The molecule has 1 aromatic carbocycles. The van der Waals surface area contributed by atoms with E-state index in [1.807, 2.05) is 0 Å². The Labute approximate surface area is 98.6 Å². The summed E-state index contributed by atoms with van der Waals surface area (Å²) in [7, 11) is 0. The second kappa shape index (κ2) is 6.65. The van der Waals surface area contributed by atoms with E-state index in [2.05, 4.69) is 0 Å². The van der Waals surface area contributed by atoms with Crippen LogP contribution in [0.2, 0.25) is 0 Å². The summed E-state index contributed by atoms with van der Waals surface area (Å²) in [5, 5.41) is 17.4. The van der Waals surface area contributed by atoms with Crippen molar-refractivity contribution in [1.82, 2.24) is 0 Å². The first-order chi connectivity index (χ1) is 8.16. The van der Waals surface area contributed by atoms with Crippen molar-refractivity contribution in [3.63, 3.8) is 0 Å². The number of hydrogen-bond donors (Lipinski definition) is 2. The van der Waals surface area contributed by atoms with Gasteiger partial charge in [0.25, 0.3) is 0 Å². The van der Waals surface area contributed by atoms with Crippen LogP contribution >= 0.6 is 0 Å². The molecule has 0 aliphatic carbocycles. The van der Waals surface area contributed by atoms with Crippen molar-refractivity contribution < 1.29 is 24.5 Å². The highest BCUT2D eigenvalue weighted by Gasteiger charge is 2.16. The van der Waals surface area contributed by atoms with Crippen LogP contribution in [0.25, 0.3) is 0 Å². The van der Waals surface area contributed by atoms with Crippen molar-refractivity contribution in [3.05, 3.63) is 35.4 Å². The predicted octanol–water partition coefficient (Wildman–Crippen LogP) is 1.31. The lowest BCUT2D eigenvalue weighted by Gasteiger charge is -2.06. The zero-order valence-corrected chi connectivity index (χ0v) is 9.26. The van der Waals surface area contributed by atoms with Gasteiger partial charge in [-0.1, -0.05) is 12.1 Å². The van der Waals surface area contributed by atoms with Gasteiger partial charge in [-0.05, 0) is 25.0 Å². The molecule has 17 heavy (non-hydrogen) atoms. The first-order valence-electron chi connectivity index (χ1n) is 5.27. The largest absolute Gasteiger partial charge is 0.478 e. The van der Waals surface area contributed by atoms with Crippen molar-refractivity contribution >= 4 is 11.9 Å². The molecule has 0 aliphatic rings. The van der Waals surface area contributed by atoms with E-state index in [0.29, 0.717) is 12.8 Å². The topological polar surface area (TPSA) is 83.8 Å². The lowest BCUT2D eigenvalue weighted by atomic mass is 10.1. The average molecular weight is 238 g/mol. The molecular weight excluding hydrogens is 224 g/mol. The van der Waals surface area contributed by atoms with Crippen LogP contribution in [0.3, 0.4) is 0 Å². The molecule has 0 spiro atoms. The number of ether oxygens (including phenoxy) is 1. The molecule has 0 saturated carbocycles. The summed E-state index contributed by atoms with van der Waals surface area (Å²) in [6, 6.07) is 5.90. The number of carboxylic acid groups (broad SMARTS) is 1. The average Bonchev–Trinajstić information content (AvgIpc) is 2.34. The second-order valence-corrected chi connectivity index (χ2v) is 3.42. The SMILES string of the molecule is O=C(O)c1ccccc1C(=O)OCCCCO. The first kappa shape index (κ1) is 13.2. The molecule has 1 aromatic rings. The molecule has 0 heterocycles. The Hall–Kier alpha value is -1.88. The Morgan fingerprint density at radius 3 is 2.35 bits per heavy atom. The van der Waals surface area contributed by atoms with Gasteiger partial charge in [-0.15, -0.1) is 0 Å². The van der Waals surface area contributed by atoms with E-state index in [-0.39, 0.29) is 24.3 Å². The lowest BCUT2D eigenvalue weighted by molar-refractivity contribution is 0.0483. The summed E-state index contributed by atoms with van der Waals surface area (Å²) in [4.78, 5) is 22.4. The van der Waals surface area contributed by atoms with Crippen LogP contribution in [-0.4, -0.2) is 35.4 Å². The molecule has 0 aromatic heterocycles. The molecule has 0 unspecified atom stereocenters. The number of carbonyl (C=O) groups is 2. The molecule has 2 N–H and O–H groups in total. The van der Waals surface area contributed by atoms with Crippen LogP contribution in [0, 0.1) is 0 Å². The standard InChI is InChI=1S/C12H14O5/c13-7-3-4-8-17-12(16)10-6-2-1-5-9(10)11(14)15/h1-2,5-6,13H,3-4,7-8H2,(H,14,15). The molecule has 1 rings (SSSR count). The number of rotatable bonds is 6. The van der Waals surface area contributed by atoms with Gasteiger partial charge in [0.1, 0.15) is 0 Å². The molecular formula is C12H14O5. The fourth-order valence-corrected chi connectivity index (χ4v) is 1.30. The minimum absolute atomic E-state index is 0.0449. The van der Waals surface area contributed by atoms with Crippen LogP contribution in [0.1, 0.15) is 33.6 Å². The number of unbranched alkanes of at least 4 members (excludes halogenated alkanes) is 1. The molecule has 92 valence electrons. The molecule has 0 fully saturated rings. The van der Waals surface area contributed by atoms with Gasteiger partial charge in [0.05, 0.1) is 17.7 Å². The zero-order valence-electron chi connectivity index (χ0n) is 9.26. The summed E-state index contributed by atoms with van der Waals surface area (Å²) in [6.45, 7) is 0.219. The molecule has 0 aliphatic heterocycles. The monoisotopic (exact) mass is 238 g/mol. The van der Waals surface area contributed by atoms with E-state index in [4.69, 9.17) is 14.9 Å². The summed E-state index contributed by atoms with van der Waals surface area (Å²) in [5.41, 5.74) is -0.0244. The minimum atomic E-state index is -1.16. The number of carbonyl (C=O) groups excluding carboxylic acids is 1. The van der Waals surface area contributed by atoms with Crippen LogP contribution in [0.15, 0.2) is 24.3 Å². The Morgan fingerprint density at radius 2 is 1.76 bits per heavy atom. The second-order valence-electron chi connectivity index (χ2n) is 3.42. The highest BCUT2D eigenvalue weighted by Crippen LogP contribution is 2.10. The van der Waals surface area contributed by atoms with E-state index >= 15 is 0 Å². The number of carboxylic acids is 1. The third kappa shape index (κ3) is 3.88. The van der Waals surface area contributed by atoms with Crippen molar-refractivity contribution in [2.45, 2.75) is 12.8 Å². The summed E-state index contributed by atoms with van der Waals surface area (Å²) < 4.78 is 4.91. The van der Waals surface area contributed by atoms with Crippen LogP contribution in [0.5, 0.6) is 0 Å². The van der Waals surface area contributed by atoms with Gasteiger partial charge in [-0.2, -0.15) is 0 Å². The Balaban J connectivity index is 2.65. The van der Waals surface area contributed by atoms with Gasteiger partial charge in [0.2, 0.25) is 0 Å². The molecule has 5 nitrogen and oxygen atoms in total. The van der Waals surface area contributed by atoms with Gasteiger partial charge in [-0.25, -0.2) is 9.59 Å². The van der Waals surface area contributed by atoms with Crippen LogP contribution < -0.4 is 0 Å². The Kier molecular flexibility index (Phi) is 5.16. The fraction of sp³-hybridized carbons (Fsp3) is 0.333. The molecule has 0 amide bonds. The number of hydrogen-bond acceptors (Lipinski definition) is 4. The van der Waals surface area contributed by atoms with E-state index in [1.54, 1.807) is 12.1 Å². The molecule has 0 saturated heterocycles. The number of aliphatic hydroxyl groups is 1. The van der Waals surface area contributed by atoms with Gasteiger partial charge in [-0.3, -0.25) is 0 Å². The van der Waals surface area contributed by atoms with Crippen LogP contribution in [-0.2, 0) is 4.74 Å². The van der Waals surface area contributed by atoms with E-state index in [9.17, 15) is 9.59 Å². The van der Waals surface area contributed by atoms with Crippen molar-refractivity contribution in [3.8, 4) is 0 Å². The van der Waals surface area contributed by atoms with Crippen molar-refractivity contribution in [2.24, 2.45) is 0 Å². The number of aliphatic hydroxyl groups excluding tert-OH is 1. The maximum Gasteiger partial charge on any atom is 0.339 e. The van der Waals surface area contributed by atoms with Crippen LogP contribution in [0.4, 0.5) is 0 Å². The quantitative estimate of drug-likeness (QED) is 0.576. The van der Waals surface area contributed by atoms with E-state index < -0.39 is 11.9 Å². The van der Waals surface area contributed by atoms with Crippen molar-refractivity contribution in [1.29, 1.82) is 0 Å². The fourth-order valence-electron chi connectivity index (χ4n) is 1.30. The van der Waals surface area contributed by atoms with E-state index in [1.165, 1.54) is 12.1 Å². The molecule has 0 bridgehead atoms. The molecule has 0 radical (unpaired) electrons. The Bertz CT molecular complexity index is 400. The van der Waals surface area contributed by atoms with Crippen molar-refractivity contribution in [2.75, 3.05) is 13.2 Å². The lowest BCUT2D eigenvalue weighted by Crippen LogP contribution is -2.12. The third-order valence-electron chi connectivity index (χ3n) is 2.16. The first-order valence-corrected chi connectivity index (χ1v) is 5.27. The normalized spacial score (nSPS) is 9.94. The molecule has 0 atom stereocenters. The number of esters is 1. The molecule has 5 heteroatoms. The van der Waals surface area contributed by atoms with E-state index in [0.717, 1.165) is 0 Å². The van der Waals surface area contributed by atoms with Gasteiger partial charge in [0.15, 0.2) is 0 Å². The summed E-state index contributed by atoms with van der Waals surface area (Å²) in [5.74, 6) is -1.81. The number of benzene rings is 1. The highest BCUT2D eigenvalue weighted by molar-refractivity contribution is 6.02. The summed E-state index contributed by atoms with van der Waals surface area (Å²) in [6.07, 6.45) is 1.10. The third-order valence-corrected chi connectivity index (χ3v) is 2.16. The number of aromatic carboxylic acids is 1. The minimum Gasteiger partial charge on any atom is -0.478 e. The highest BCUT2D eigenvalue weighted by atomic mass is 16.5.